The molecule has 0 spiro atoms. The molecule has 0 fully saturated rings. The fourth-order valence-electron chi connectivity index (χ4n) is 3.94. The van der Waals surface area contributed by atoms with Crippen molar-refractivity contribution in [2.24, 2.45) is 0 Å². The molecule has 0 aromatic heterocycles. The highest BCUT2D eigenvalue weighted by molar-refractivity contribution is 7.98. The van der Waals surface area contributed by atoms with Gasteiger partial charge in [-0.05, 0) is 23.6 Å². The van der Waals surface area contributed by atoms with Crippen LogP contribution >= 0.6 is 11.8 Å². The lowest BCUT2D eigenvalue weighted by molar-refractivity contribution is -0.141. The molecule has 0 aliphatic heterocycles. The van der Waals surface area contributed by atoms with E-state index in [-0.39, 0.29) is 30.6 Å². The first-order valence-corrected chi connectivity index (χ1v) is 13.7. The molecular weight excluding hydrogens is 471 g/mol. The molecule has 0 unspecified atom stereocenters. The average molecular weight is 507 g/mol. The minimum Gasteiger partial charge on any atom is -0.354 e. The third kappa shape index (κ3) is 8.83. The molecule has 0 saturated carbocycles. The number of rotatable bonds is 14. The molecule has 4 nitrogen and oxygen atoms in total. The van der Waals surface area contributed by atoms with Crippen LogP contribution in [0.1, 0.15) is 42.9 Å². The van der Waals surface area contributed by atoms with Crippen molar-refractivity contribution in [3.8, 4) is 0 Å². The highest BCUT2D eigenvalue weighted by atomic mass is 32.2. The topological polar surface area (TPSA) is 49.4 Å². The Kier molecular flexibility index (Phi) is 11.5. The number of carbonyl (C=O) groups is 2. The lowest BCUT2D eigenvalue weighted by Gasteiger charge is -2.31. The van der Waals surface area contributed by atoms with Gasteiger partial charge in [0.2, 0.25) is 11.8 Å². The summed E-state index contributed by atoms with van der Waals surface area (Å²) in [5.74, 6) is 0.710. The second-order valence-corrected chi connectivity index (χ2v) is 9.86. The van der Waals surface area contributed by atoms with Crippen LogP contribution in [-0.2, 0) is 28.3 Å². The summed E-state index contributed by atoms with van der Waals surface area (Å²) >= 11 is 1.68. The van der Waals surface area contributed by atoms with E-state index >= 15 is 0 Å². The first kappa shape index (κ1) is 27.5. The molecule has 0 aliphatic rings. The van der Waals surface area contributed by atoms with Crippen LogP contribution in [0.5, 0.6) is 0 Å². The highest BCUT2D eigenvalue weighted by Crippen LogP contribution is 2.19. The Morgan fingerprint density at radius 1 is 0.917 bits per heavy atom. The molecule has 0 radical (unpaired) electrons. The number of halogens is 1. The lowest BCUT2D eigenvalue weighted by atomic mass is 10.0. The van der Waals surface area contributed by atoms with E-state index in [2.05, 4.69) is 24.4 Å². The standard InChI is InChI=1S/C30H35FN2O2S/c1-2-3-19-32-30(35)28(21-24-12-6-4-7-13-24)33(22-26-16-10-11-17-27(26)31)29(34)18-20-36-23-25-14-8-5-9-15-25/h4-17,28H,2-3,18-23H2,1H3,(H,32,35)/t28-/m1/s1. The van der Waals surface area contributed by atoms with Crippen molar-refractivity contribution in [1.29, 1.82) is 0 Å². The van der Waals surface area contributed by atoms with Crippen LogP contribution in [0.2, 0.25) is 0 Å². The molecule has 0 saturated heterocycles. The third-order valence-corrected chi connectivity index (χ3v) is 7.00. The largest absolute Gasteiger partial charge is 0.354 e. The molecule has 0 bridgehead atoms. The van der Waals surface area contributed by atoms with Gasteiger partial charge in [0.1, 0.15) is 11.9 Å². The van der Waals surface area contributed by atoms with Crippen LogP contribution < -0.4 is 5.32 Å². The maximum Gasteiger partial charge on any atom is 0.243 e. The van der Waals surface area contributed by atoms with Crippen molar-refractivity contribution >= 4 is 23.6 Å². The van der Waals surface area contributed by atoms with Gasteiger partial charge >= 0.3 is 0 Å². The number of thioether (sulfide) groups is 1. The maximum atomic E-state index is 14.6. The van der Waals surface area contributed by atoms with Gasteiger partial charge in [-0.3, -0.25) is 9.59 Å². The van der Waals surface area contributed by atoms with E-state index in [9.17, 15) is 14.0 Å². The Balaban J connectivity index is 1.79. The van der Waals surface area contributed by atoms with Crippen LogP contribution in [0.3, 0.4) is 0 Å². The predicted octanol–water partition coefficient (Wildman–Crippen LogP) is 6.01. The summed E-state index contributed by atoms with van der Waals surface area (Å²) in [6.07, 6.45) is 2.47. The summed E-state index contributed by atoms with van der Waals surface area (Å²) < 4.78 is 14.6. The van der Waals surface area contributed by atoms with Crippen LogP contribution in [0.15, 0.2) is 84.9 Å². The molecule has 6 heteroatoms. The summed E-state index contributed by atoms with van der Waals surface area (Å²) in [6.45, 7) is 2.66. The fourth-order valence-corrected chi connectivity index (χ4v) is 4.83. The van der Waals surface area contributed by atoms with Crippen molar-refractivity contribution < 1.29 is 14.0 Å². The number of carbonyl (C=O) groups excluding carboxylic acids is 2. The smallest absolute Gasteiger partial charge is 0.243 e. The Labute approximate surface area is 218 Å². The second-order valence-electron chi connectivity index (χ2n) is 8.75. The molecular formula is C30H35FN2O2S. The molecule has 36 heavy (non-hydrogen) atoms. The van der Waals surface area contributed by atoms with Crippen LogP contribution in [0.4, 0.5) is 4.39 Å². The first-order valence-electron chi connectivity index (χ1n) is 12.5. The first-order chi connectivity index (χ1) is 17.6. The van der Waals surface area contributed by atoms with Crippen molar-refractivity contribution in [2.75, 3.05) is 12.3 Å². The van der Waals surface area contributed by atoms with Crippen molar-refractivity contribution in [1.82, 2.24) is 10.2 Å². The van der Waals surface area contributed by atoms with Gasteiger partial charge in [-0.15, -0.1) is 0 Å². The summed E-state index contributed by atoms with van der Waals surface area (Å²) in [5, 5.41) is 3.00. The van der Waals surface area contributed by atoms with Gasteiger partial charge in [-0.1, -0.05) is 92.2 Å². The number of nitrogens with one attached hydrogen (secondary N) is 1. The van der Waals surface area contributed by atoms with Crippen molar-refractivity contribution in [2.45, 2.75) is 50.9 Å². The minimum atomic E-state index is -0.726. The number of hydrogen-bond donors (Lipinski definition) is 1. The Morgan fingerprint density at radius 2 is 1.56 bits per heavy atom. The molecule has 0 aliphatic carbocycles. The number of amides is 2. The zero-order valence-corrected chi connectivity index (χ0v) is 21.7. The minimum absolute atomic E-state index is 0.0492. The SMILES string of the molecule is CCCCNC(=O)[C@@H](Cc1ccccc1)N(Cc1ccccc1F)C(=O)CCSCc1ccccc1. The second kappa shape index (κ2) is 15.1. The quantitative estimate of drug-likeness (QED) is 0.273. The van der Waals surface area contributed by atoms with E-state index in [1.165, 1.54) is 11.6 Å². The van der Waals surface area contributed by atoms with E-state index in [0.717, 1.165) is 24.2 Å². The van der Waals surface area contributed by atoms with Gasteiger partial charge in [-0.2, -0.15) is 11.8 Å². The van der Waals surface area contributed by atoms with E-state index in [1.807, 2.05) is 48.5 Å². The van der Waals surface area contributed by atoms with Crippen molar-refractivity contribution in [3.63, 3.8) is 0 Å². The maximum absolute atomic E-state index is 14.6. The van der Waals surface area contributed by atoms with Gasteiger partial charge in [0.25, 0.3) is 0 Å². The third-order valence-electron chi connectivity index (χ3n) is 5.97. The molecule has 190 valence electrons. The van der Waals surface area contributed by atoms with Gasteiger partial charge in [0.05, 0.1) is 0 Å². The lowest BCUT2D eigenvalue weighted by Crippen LogP contribution is -2.50. The summed E-state index contributed by atoms with van der Waals surface area (Å²) in [6, 6.07) is 25.5. The van der Waals surface area contributed by atoms with Crippen molar-refractivity contribution in [3.05, 3.63) is 107 Å². The highest BCUT2D eigenvalue weighted by Gasteiger charge is 2.30. The van der Waals surface area contributed by atoms with Crippen LogP contribution in [-0.4, -0.2) is 35.1 Å². The molecule has 3 aromatic rings. The molecule has 3 aromatic carbocycles. The van der Waals surface area contributed by atoms with Gasteiger partial charge < -0.3 is 10.2 Å². The summed E-state index contributed by atoms with van der Waals surface area (Å²) in [4.78, 5) is 28.5. The zero-order chi connectivity index (χ0) is 25.6. The number of hydrogen-bond acceptors (Lipinski definition) is 3. The zero-order valence-electron chi connectivity index (χ0n) is 20.9. The normalized spacial score (nSPS) is 11.6. The molecule has 1 N–H and O–H groups in total. The summed E-state index contributed by atoms with van der Waals surface area (Å²) in [5.41, 5.74) is 2.57. The number of unbranched alkanes of at least 4 members (excludes halogenated alkanes) is 1. The van der Waals surface area contributed by atoms with Gasteiger partial charge in [-0.25, -0.2) is 4.39 Å². The predicted molar refractivity (Wildman–Crippen MR) is 146 cm³/mol. The Bertz CT molecular complexity index is 1080. The number of nitrogens with zero attached hydrogens (tertiary/aromatic N) is 1. The van der Waals surface area contributed by atoms with E-state index in [0.29, 0.717) is 24.3 Å². The van der Waals surface area contributed by atoms with Gasteiger partial charge in [0.15, 0.2) is 0 Å². The fraction of sp³-hybridized carbons (Fsp3) is 0.333. The Morgan fingerprint density at radius 3 is 2.22 bits per heavy atom. The summed E-state index contributed by atoms with van der Waals surface area (Å²) in [7, 11) is 0. The molecule has 2 amide bonds. The van der Waals surface area contributed by atoms with E-state index in [1.54, 1.807) is 34.9 Å². The molecule has 0 heterocycles. The number of benzene rings is 3. The average Bonchev–Trinajstić information content (AvgIpc) is 2.91. The molecule has 3 rings (SSSR count). The molecule has 1 atom stereocenters. The van der Waals surface area contributed by atoms with Crippen LogP contribution in [0.25, 0.3) is 0 Å². The van der Waals surface area contributed by atoms with Gasteiger partial charge in [0, 0.05) is 43.0 Å². The van der Waals surface area contributed by atoms with E-state index < -0.39 is 6.04 Å². The monoisotopic (exact) mass is 506 g/mol. The Hall–Kier alpha value is -3.12. The van der Waals surface area contributed by atoms with E-state index in [4.69, 9.17) is 0 Å². The van der Waals surface area contributed by atoms with Crippen LogP contribution in [0, 0.1) is 5.82 Å².